The van der Waals surface area contributed by atoms with Crippen molar-refractivity contribution < 1.29 is 8.78 Å². The highest BCUT2D eigenvalue weighted by molar-refractivity contribution is 5.31. The number of alkyl halides is 2. The number of fused-ring (bicyclic) bond motifs is 1. The minimum atomic E-state index is -2.27. The first-order valence-corrected chi connectivity index (χ1v) is 5.95. The van der Waals surface area contributed by atoms with E-state index < -0.39 is 6.43 Å². The molecule has 0 spiro atoms. The molecule has 4 heteroatoms. The van der Waals surface area contributed by atoms with Crippen LogP contribution < -0.4 is 5.32 Å². The molecule has 1 aliphatic heterocycles. The van der Waals surface area contributed by atoms with Crippen LogP contribution in [0.3, 0.4) is 0 Å². The molecule has 1 heterocycles. The molecule has 0 saturated carbocycles. The molecule has 0 aliphatic carbocycles. The van der Waals surface area contributed by atoms with Gasteiger partial charge in [-0.25, -0.2) is 8.78 Å². The summed E-state index contributed by atoms with van der Waals surface area (Å²) in [5.41, 5.74) is 2.40. The zero-order chi connectivity index (χ0) is 12.3. The molecule has 1 aliphatic rings. The van der Waals surface area contributed by atoms with Gasteiger partial charge in [-0.3, -0.25) is 4.90 Å². The predicted octanol–water partition coefficient (Wildman–Crippen LogP) is 2.42. The maximum absolute atomic E-state index is 12.5. The first-order chi connectivity index (χ1) is 8.18. The zero-order valence-corrected chi connectivity index (χ0v) is 10.00. The molecular formula is C13H18F2N2. The SMILES string of the molecule is CN(CC(F)F)C1CCNCc2ccccc21. The van der Waals surface area contributed by atoms with E-state index in [0.29, 0.717) is 0 Å². The van der Waals surface area contributed by atoms with Crippen molar-refractivity contribution in [3.8, 4) is 0 Å². The molecule has 1 aromatic rings. The van der Waals surface area contributed by atoms with Gasteiger partial charge in [-0.05, 0) is 31.1 Å². The Morgan fingerprint density at radius 3 is 2.94 bits per heavy atom. The minimum absolute atomic E-state index is 0.0928. The van der Waals surface area contributed by atoms with Gasteiger partial charge in [0.05, 0.1) is 6.54 Å². The van der Waals surface area contributed by atoms with Crippen molar-refractivity contribution >= 4 is 0 Å². The van der Waals surface area contributed by atoms with Crippen LogP contribution in [0.2, 0.25) is 0 Å². The van der Waals surface area contributed by atoms with Gasteiger partial charge in [-0.15, -0.1) is 0 Å². The van der Waals surface area contributed by atoms with E-state index in [9.17, 15) is 8.78 Å². The quantitative estimate of drug-likeness (QED) is 0.873. The monoisotopic (exact) mass is 240 g/mol. The van der Waals surface area contributed by atoms with Gasteiger partial charge in [0, 0.05) is 12.6 Å². The van der Waals surface area contributed by atoms with E-state index in [2.05, 4.69) is 17.4 Å². The van der Waals surface area contributed by atoms with Crippen molar-refractivity contribution in [3.63, 3.8) is 0 Å². The lowest BCUT2D eigenvalue weighted by Gasteiger charge is -2.28. The summed E-state index contributed by atoms with van der Waals surface area (Å²) in [6.07, 6.45) is -1.40. The number of nitrogens with one attached hydrogen (secondary N) is 1. The van der Waals surface area contributed by atoms with Crippen LogP contribution in [0.15, 0.2) is 24.3 Å². The molecule has 2 nitrogen and oxygen atoms in total. The van der Waals surface area contributed by atoms with Gasteiger partial charge in [-0.2, -0.15) is 0 Å². The largest absolute Gasteiger partial charge is 0.313 e. The van der Waals surface area contributed by atoms with Crippen LogP contribution in [0.5, 0.6) is 0 Å². The summed E-state index contributed by atoms with van der Waals surface area (Å²) in [5.74, 6) is 0. The van der Waals surface area contributed by atoms with Gasteiger partial charge in [0.25, 0.3) is 6.43 Å². The standard InChI is InChI=1S/C13H18F2N2/c1-17(9-13(14)15)12-6-7-16-8-10-4-2-3-5-11(10)12/h2-5,12-13,16H,6-9H2,1H3. The van der Waals surface area contributed by atoms with Crippen LogP contribution in [0.25, 0.3) is 0 Å². The molecule has 94 valence electrons. The number of benzene rings is 1. The minimum Gasteiger partial charge on any atom is -0.313 e. The molecule has 0 aromatic heterocycles. The van der Waals surface area contributed by atoms with Crippen LogP contribution >= 0.6 is 0 Å². The summed E-state index contributed by atoms with van der Waals surface area (Å²) >= 11 is 0. The highest BCUT2D eigenvalue weighted by Crippen LogP contribution is 2.28. The number of rotatable bonds is 3. The second-order valence-corrected chi connectivity index (χ2v) is 4.51. The second-order valence-electron chi connectivity index (χ2n) is 4.51. The average molecular weight is 240 g/mol. The van der Waals surface area contributed by atoms with E-state index in [-0.39, 0.29) is 12.6 Å². The van der Waals surface area contributed by atoms with E-state index in [1.54, 1.807) is 11.9 Å². The highest BCUT2D eigenvalue weighted by atomic mass is 19.3. The lowest BCUT2D eigenvalue weighted by Crippen LogP contribution is -2.30. The van der Waals surface area contributed by atoms with E-state index in [4.69, 9.17) is 0 Å². The Morgan fingerprint density at radius 2 is 2.18 bits per heavy atom. The number of nitrogens with zero attached hydrogens (tertiary/aromatic N) is 1. The fourth-order valence-electron chi connectivity index (χ4n) is 2.44. The molecule has 0 fully saturated rings. The Morgan fingerprint density at radius 1 is 1.41 bits per heavy atom. The fraction of sp³-hybridized carbons (Fsp3) is 0.538. The van der Waals surface area contributed by atoms with Gasteiger partial charge >= 0.3 is 0 Å². The summed E-state index contributed by atoms with van der Waals surface area (Å²) in [6, 6.07) is 8.19. The maximum atomic E-state index is 12.5. The molecule has 1 atom stereocenters. The Bertz CT molecular complexity index is 368. The summed E-state index contributed by atoms with van der Waals surface area (Å²) in [7, 11) is 1.78. The molecule has 1 unspecified atom stereocenters. The molecular weight excluding hydrogens is 222 g/mol. The Balaban J connectivity index is 2.22. The van der Waals surface area contributed by atoms with Crippen molar-refractivity contribution in [2.45, 2.75) is 25.4 Å². The van der Waals surface area contributed by atoms with Crippen LogP contribution in [-0.4, -0.2) is 31.5 Å². The molecule has 2 rings (SSSR count). The number of hydrogen-bond acceptors (Lipinski definition) is 2. The summed E-state index contributed by atoms with van der Waals surface area (Å²) in [6.45, 7) is 1.53. The molecule has 0 saturated heterocycles. The summed E-state index contributed by atoms with van der Waals surface area (Å²) in [5, 5.41) is 3.33. The van der Waals surface area contributed by atoms with Gasteiger partial charge in [0.2, 0.25) is 0 Å². The lowest BCUT2D eigenvalue weighted by atomic mass is 9.98. The van der Waals surface area contributed by atoms with E-state index >= 15 is 0 Å². The van der Waals surface area contributed by atoms with Crippen LogP contribution in [-0.2, 0) is 6.54 Å². The third-order valence-electron chi connectivity index (χ3n) is 3.28. The van der Waals surface area contributed by atoms with E-state index in [0.717, 1.165) is 19.5 Å². The van der Waals surface area contributed by atoms with Crippen molar-refractivity contribution in [2.75, 3.05) is 20.1 Å². The molecule has 0 radical (unpaired) electrons. The molecule has 0 amide bonds. The maximum Gasteiger partial charge on any atom is 0.251 e. The van der Waals surface area contributed by atoms with Gasteiger partial charge < -0.3 is 5.32 Å². The second kappa shape index (κ2) is 5.56. The number of hydrogen-bond donors (Lipinski definition) is 1. The Kier molecular flexibility index (Phi) is 4.07. The zero-order valence-electron chi connectivity index (χ0n) is 10.00. The smallest absolute Gasteiger partial charge is 0.251 e. The first-order valence-electron chi connectivity index (χ1n) is 5.95. The van der Waals surface area contributed by atoms with Crippen molar-refractivity contribution in [2.24, 2.45) is 0 Å². The van der Waals surface area contributed by atoms with Crippen LogP contribution in [0, 0.1) is 0 Å². The van der Waals surface area contributed by atoms with Crippen molar-refractivity contribution in [1.82, 2.24) is 10.2 Å². The topological polar surface area (TPSA) is 15.3 Å². The molecule has 1 aromatic carbocycles. The Hall–Kier alpha value is -1.00. The highest BCUT2D eigenvalue weighted by Gasteiger charge is 2.23. The third-order valence-corrected chi connectivity index (χ3v) is 3.28. The molecule has 0 bridgehead atoms. The van der Waals surface area contributed by atoms with Crippen molar-refractivity contribution in [1.29, 1.82) is 0 Å². The molecule has 17 heavy (non-hydrogen) atoms. The van der Waals surface area contributed by atoms with Crippen LogP contribution in [0.4, 0.5) is 8.78 Å². The average Bonchev–Trinajstić information content (AvgIpc) is 2.50. The van der Waals surface area contributed by atoms with Gasteiger partial charge in [0.1, 0.15) is 0 Å². The fourth-order valence-corrected chi connectivity index (χ4v) is 2.44. The summed E-state index contributed by atoms with van der Waals surface area (Å²) < 4.78 is 24.9. The van der Waals surface area contributed by atoms with Crippen LogP contribution in [0.1, 0.15) is 23.6 Å². The Labute approximate surface area is 101 Å². The molecule has 1 N–H and O–H groups in total. The van der Waals surface area contributed by atoms with Gasteiger partial charge in [0.15, 0.2) is 0 Å². The summed E-state index contributed by atoms with van der Waals surface area (Å²) in [4.78, 5) is 1.76. The normalized spacial score (nSPS) is 20.4. The van der Waals surface area contributed by atoms with Gasteiger partial charge in [-0.1, -0.05) is 24.3 Å². The predicted molar refractivity (Wildman–Crippen MR) is 64.1 cm³/mol. The van der Waals surface area contributed by atoms with E-state index in [1.165, 1.54) is 11.1 Å². The first kappa shape index (κ1) is 12.5. The lowest BCUT2D eigenvalue weighted by molar-refractivity contribution is 0.0788. The van der Waals surface area contributed by atoms with E-state index in [1.807, 2.05) is 12.1 Å². The number of halogens is 2. The third kappa shape index (κ3) is 3.01. The van der Waals surface area contributed by atoms with Crippen molar-refractivity contribution in [3.05, 3.63) is 35.4 Å².